The first-order valence-electron chi connectivity index (χ1n) is 24.5. The Kier molecular flexibility index (Phi) is 35.1. The van der Waals surface area contributed by atoms with E-state index in [0.717, 1.165) is 38.5 Å². The number of carbonyl (C=O) groups excluding carboxylic acids is 1. The van der Waals surface area contributed by atoms with Crippen molar-refractivity contribution in [2.45, 2.75) is 281 Å². The van der Waals surface area contributed by atoms with E-state index in [-0.39, 0.29) is 12.3 Å². The SMILES string of the molecule is CCCCCCCCCCCCCCCCCCCCCCCC(=O)N[C@@H](COP(=O)(O)OC1C(O)C(O)C(O)[C@@H](O)C1O)[C@H](O)CCCCCCCCCCCCC. The average molecular weight is 866 g/mol. The molecule has 9 atom stereocenters. The predicted molar refractivity (Wildman–Crippen MR) is 237 cm³/mol. The topological polar surface area (TPSA) is 206 Å². The van der Waals surface area contributed by atoms with Crippen LogP contribution in [-0.4, -0.2) is 96.8 Å². The van der Waals surface area contributed by atoms with Gasteiger partial charge in [-0.05, 0) is 12.8 Å². The van der Waals surface area contributed by atoms with Gasteiger partial charge in [-0.25, -0.2) is 4.57 Å². The average Bonchev–Trinajstić information content (AvgIpc) is 3.22. The Morgan fingerprint density at radius 1 is 0.508 bits per heavy atom. The van der Waals surface area contributed by atoms with Crippen molar-refractivity contribution in [3.8, 4) is 0 Å². The van der Waals surface area contributed by atoms with E-state index in [2.05, 4.69) is 19.2 Å². The molecule has 1 fully saturated rings. The maximum atomic E-state index is 13.0. The van der Waals surface area contributed by atoms with E-state index in [1.54, 1.807) is 0 Å². The van der Waals surface area contributed by atoms with E-state index in [1.165, 1.54) is 154 Å². The first-order chi connectivity index (χ1) is 28.4. The smallest absolute Gasteiger partial charge is 0.391 e. The summed E-state index contributed by atoms with van der Waals surface area (Å²) in [6, 6.07) is -1.02. The summed E-state index contributed by atoms with van der Waals surface area (Å²) in [6.07, 6.45) is 27.2. The lowest BCUT2D eigenvalue weighted by molar-refractivity contribution is -0.220. The minimum Gasteiger partial charge on any atom is -0.391 e. The summed E-state index contributed by atoms with van der Waals surface area (Å²) in [5.74, 6) is -0.304. The Bertz CT molecular complexity index is 1010. The first-order valence-corrected chi connectivity index (χ1v) is 26.0. The molecule has 0 aromatic carbocycles. The van der Waals surface area contributed by atoms with Gasteiger partial charge >= 0.3 is 7.82 Å². The monoisotopic (exact) mass is 866 g/mol. The number of phosphoric ester groups is 1. The summed E-state index contributed by atoms with van der Waals surface area (Å²) in [6.45, 7) is 3.89. The second-order valence-electron chi connectivity index (χ2n) is 17.7. The van der Waals surface area contributed by atoms with Crippen LogP contribution in [-0.2, 0) is 18.4 Å². The van der Waals surface area contributed by atoms with E-state index < -0.39 is 63.2 Å². The van der Waals surface area contributed by atoms with Crippen molar-refractivity contribution in [2.75, 3.05) is 6.61 Å². The van der Waals surface area contributed by atoms with Crippen LogP contribution in [0.4, 0.5) is 0 Å². The van der Waals surface area contributed by atoms with Crippen molar-refractivity contribution in [3.05, 3.63) is 0 Å². The Labute approximate surface area is 359 Å². The molecule has 1 aliphatic carbocycles. The number of amides is 1. The molecule has 8 N–H and O–H groups in total. The normalized spacial score (nSPS) is 22.9. The third-order valence-electron chi connectivity index (χ3n) is 12.2. The van der Waals surface area contributed by atoms with Crippen LogP contribution < -0.4 is 5.32 Å². The zero-order valence-corrected chi connectivity index (χ0v) is 38.5. The molecule has 13 heteroatoms. The molecule has 0 radical (unpaired) electrons. The van der Waals surface area contributed by atoms with Crippen molar-refractivity contribution in [3.63, 3.8) is 0 Å². The van der Waals surface area contributed by atoms with E-state index in [0.29, 0.717) is 19.3 Å². The maximum Gasteiger partial charge on any atom is 0.472 e. The van der Waals surface area contributed by atoms with Crippen molar-refractivity contribution < 1.29 is 53.9 Å². The number of unbranched alkanes of at least 4 members (excludes halogenated alkanes) is 30. The molecular formula is C46H92NO11P. The first kappa shape index (κ1) is 56.4. The van der Waals surface area contributed by atoms with Gasteiger partial charge in [-0.3, -0.25) is 13.8 Å². The predicted octanol–water partition coefficient (Wildman–Crippen LogP) is 9.46. The van der Waals surface area contributed by atoms with Crippen LogP contribution in [0.5, 0.6) is 0 Å². The Morgan fingerprint density at radius 2 is 0.814 bits per heavy atom. The maximum absolute atomic E-state index is 13.0. The van der Waals surface area contributed by atoms with Crippen molar-refractivity contribution in [2.24, 2.45) is 0 Å². The van der Waals surface area contributed by atoms with Gasteiger partial charge in [-0.2, -0.15) is 0 Å². The largest absolute Gasteiger partial charge is 0.472 e. The standard InChI is InChI=1S/C46H92NO11P/c1-3-5-7-9-11-13-15-16-17-18-19-20-21-22-23-24-26-28-30-32-34-36-40(49)47-38(39(48)35-33-31-29-27-25-14-12-10-8-6-4-2)37-57-59(55,56)58-46-44(53)42(51)41(50)43(52)45(46)54/h38-39,41-46,48,50-54H,3-37H2,1-2H3,(H,47,49)(H,55,56)/t38-,39+,41?,42+,43?,44?,45?,46?/m0/s1. The molecular weight excluding hydrogens is 773 g/mol. The molecule has 59 heavy (non-hydrogen) atoms. The number of carbonyl (C=O) groups is 1. The Balaban J connectivity index is 2.36. The minimum absolute atomic E-state index is 0.243. The third kappa shape index (κ3) is 28.6. The summed E-state index contributed by atoms with van der Waals surface area (Å²) in [7, 11) is -5.05. The summed E-state index contributed by atoms with van der Waals surface area (Å²) in [4.78, 5) is 23.4. The van der Waals surface area contributed by atoms with Gasteiger partial charge < -0.3 is 40.8 Å². The highest BCUT2D eigenvalue weighted by Gasteiger charge is 2.51. The molecule has 0 aromatic heterocycles. The molecule has 0 bridgehead atoms. The van der Waals surface area contributed by atoms with Gasteiger partial charge in [0.25, 0.3) is 0 Å². The zero-order valence-electron chi connectivity index (χ0n) is 37.6. The quantitative estimate of drug-likeness (QED) is 0.0215. The molecule has 0 aliphatic heterocycles. The number of hydrogen-bond acceptors (Lipinski definition) is 10. The summed E-state index contributed by atoms with van der Waals surface area (Å²) < 4.78 is 23.0. The van der Waals surface area contributed by atoms with Crippen LogP contribution in [0.3, 0.4) is 0 Å². The fourth-order valence-electron chi connectivity index (χ4n) is 8.14. The summed E-state index contributed by atoms with van der Waals surface area (Å²) >= 11 is 0. The van der Waals surface area contributed by atoms with Crippen LogP contribution in [0.2, 0.25) is 0 Å². The van der Waals surface area contributed by atoms with E-state index in [4.69, 9.17) is 9.05 Å². The van der Waals surface area contributed by atoms with E-state index >= 15 is 0 Å². The van der Waals surface area contributed by atoms with Gasteiger partial charge in [0.05, 0.1) is 18.8 Å². The van der Waals surface area contributed by atoms with E-state index in [1.807, 2.05) is 0 Å². The second kappa shape index (κ2) is 36.8. The van der Waals surface area contributed by atoms with Crippen molar-refractivity contribution in [1.82, 2.24) is 5.32 Å². The number of aliphatic hydroxyl groups excluding tert-OH is 6. The van der Waals surface area contributed by atoms with Gasteiger partial charge in [0.2, 0.25) is 5.91 Å². The molecule has 352 valence electrons. The number of hydrogen-bond donors (Lipinski definition) is 8. The number of aliphatic hydroxyl groups is 6. The highest BCUT2D eigenvalue weighted by molar-refractivity contribution is 7.47. The molecule has 1 amide bonds. The summed E-state index contributed by atoms with van der Waals surface area (Å²) in [5.41, 5.74) is 0. The molecule has 1 rings (SSSR count). The number of phosphoric acid groups is 1. The fraction of sp³-hybridized carbons (Fsp3) is 0.978. The minimum atomic E-state index is -5.05. The molecule has 12 nitrogen and oxygen atoms in total. The molecule has 6 unspecified atom stereocenters. The molecule has 0 aromatic rings. The van der Waals surface area contributed by atoms with Gasteiger partial charge in [-0.15, -0.1) is 0 Å². The van der Waals surface area contributed by atoms with Crippen LogP contribution in [0, 0.1) is 0 Å². The Hall–Kier alpha value is -0.660. The Morgan fingerprint density at radius 3 is 1.17 bits per heavy atom. The van der Waals surface area contributed by atoms with Crippen LogP contribution in [0.25, 0.3) is 0 Å². The van der Waals surface area contributed by atoms with E-state index in [9.17, 15) is 44.9 Å². The lowest BCUT2D eigenvalue weighted by Gasteiger charge is -2.41. The highest BCUT2D eigenvalue weighted by Crippen LogP contribution is 2.47. The highest BCUT2D eigenvalue weighted by atomic mass is 31.2. The van der Waals surface area contributed by atoms with Crippen LogP contribution in [0.1, 0.15) is 232 Å². The van der Waals surface area contributed by atoms with Crippen LogP contribution >= 0.6 is 7.82 Å². The molecule has 0 spiro atoms. The van der Waals surface area contributed by atoms with Crippen molar-refractivity contribution in [1.29, 1.82) is 0 Å². The van der Waals surface area contributed by atoms with Gasteiger partial charge in [0, 0.05) is 6.42 Å². The fourth-order valence-corrected chi connectivity index (χ4v) is 9.11. The van der Waals surface area contributed by atoms with Crippen molar-refractivity contribution >= 4 is 13.7 Å². The lowest BCUT2D eigenvalue weighted by atomic mass is 9.85. The number of rotatable bonds is 41. The molecule has 1 saturated carbocycles. The van der Waals surface area contributed by atoms with Gasteiger partial charge in [0.1, 0.15) is 36.6 Å². The lowest BCUT2D eigenvalue weighted by Crippen LogP contribution is -2.64. The molecule has 0 saturated heterocycles. The molecule has 1 aliphatic rings. The molecule has 0 heterocycles. The van der Waals surface area contributed by atoms with Gasteiger partial charge in [-0.1, -0.05) is 213 Å². The third-order valence-corrected chi connectivity index (χ3v) is 13.2. The zero-order chi connectivity index (χ0) is 43.6. The summed E-state index contributed by atoms with van der Waals surface area (Å²) in [5, 5.41) is 64.1. The van der Waals surface area contributed by atoms with Gasteiger partial charge in [0.15, 0.2) is 0 Å². The second-order valence-corrected chi connectivity index (χ2v) is 19.1. The number of nitrogens with one attached hydrogen (secondary N) is 1. The van der Waals surface area contributed by atoms with Crippen LogP contribution in [0.15, 0.2) is 0 Å².